The summed E-state index contributed by atoms with van der Waals surface area (Å²) in [6.45, 7) is 0.740. The molecule has 2 N–H and O–H groups in total. The molecule has 0 unspecified atom stereocenters. The standard InChI is InChI=1S/C18H16ClN3/c19-15-8-6-14(7-9-15)12-20-17-10-11-18(21-13-17)22-16-4-2-1-3-5-16/h1-11,13,20H,12H2,(H,21,22). The van der Waals surface area contributed by atoms with Gasteiger partial charge in [0.25, 0.3) is 0 Å². The molecule has 0 saturated carbocycles. The summed E-state index contributed by atoms with van der Waals surface area (Å²) in [5.41, 5.74) is 3.18. The quantitative estimate of drug-likeness (QED) is 0.689. The Morgan fingerprint density at radius 1 is 0.818 bits per heavy atom. The van der Waals surface area contributed by atoms with Crippen LogP contribution in [0.5, 0.6) is 0 Å². The van der Waals surface area contributed by atoms with Gasteiger partial charge in [-0.05, 0) is 42.0 Å². The van der Waals surface area contributed by atoms with Gasteiger partial charge in [0, 0.05) is 17.3 Å². The van der Waals surface area contributed by atoms with Crippen LogP contribution < -0.4 is 10.6 Å². The summed E-state index contributed by atoms with van der Waals surface area (Å²) in [5, 5.41) is 7.35. The van der Waals surface area contributed by atoms with Crippen LogP contribution in [0, 0.1) is 0 Å². The van der Waals surface area contributed by atoms with Crippen molar-refractivity contribution in [1.29, 1.82) is 0 Å². The third-order valence-electron chi connectivity index (χ3n) is 3.22. The molecule has 1 heterocycles. The number of aromatic nitrogens is 1. The first-order valence-corrected chi connectivity index (χ1v) is 7.44. The van der Waals surface area contributed by atoms with Gasteiger partial charge in [-0.15, -0.1) is 0 Å². The summed E-state index contributed by atoms with van der Waals surface area (Å²) in [6.07, 6.45) is 1.82. The lowest BCUT2D eigenvalue weighted by atomic mass is 10.2. The summed E-state index contributed by atoms with van der Waals surface area (Å²) >= 11 is 5.88. The predicted octanol–water partition coefficient (Wildman–Crippen LogP) is 5.09. The number of rotatable bonds is 5. The molecule has 3 aromatic rings. The Hall–Kier alpha value is -2.52. The molecule has 0 bridgehead atoms. The average Bonchev–Trinajstić information content (AvgIpc) is 2.57. The van der Waals surface area contributed by atoms with E-state index in [-0.39, 0.29) is 0 Å². The normalized spacial score (nSPS) is 10.2. The Morgan fingerprint density at radius 2 is 1.59 bits per heavy atom. The number of pyridine rings is 1. The van der Waals surface area contributed by atoms with E-state index in [0.717, 1.165) is 28.8 Å². The van der Waals surface area contributed by atoms with Gasteiger partial charge >= 0.3 is 0 Å². The smallest absolute Gasteiger partial charge is 0.130 e. The molecular formula is C18H16ClN3. The van der Waals surface area contributed by atoms with Gasteiger partial charge < -0.3 is 10.6 Å². The number of hydrogen-bond donors (Lipinski definition) is 2. The molecule has 3 nitrogen and oxygen atoms in total. The Kier molecular flexibility index (Phi) is 4.56. The van der Waals surface area contributed by atoms with Gasteiger partial charge in [-0.25, -0.2) is 4.98 Å². The molecule has 0 radical (unpaired) electrons. The van der Waals surface area contributed by atoms with Crippen molar-refractivity contribution in [2.45, 2.75) is 6.54 Å². The lowest BCUT2D eigenvalue weighted by Gasteiger charge is -2.08. The molecule has 3 rings (SSSR count). The molecule has 2 aromatic carbocycles. The Morgan fingerprint density at radius 3 is 2.27 bits per heavy atom. The zero-order chi connectivity index (χ0) is 15.2. The van der Waals surface area contributed by atoms with Crippen molar-refractivity contribution >= 4 is 28.8 Å². The van der Waals surface area contributed by atoms with Crippen LogP contribution in [-0.2, 0) is 6.54 Å². The highest BCUT2D eigenvalue weighted by atomic mass is 35.5. The minimum atomic E-state index is 0.740. The number of anilines is 3. The van der Waals surface area contributed by atoms with Gasteiger partial charge in [0.15, 0.2) is 0 Å². The number of nitrogens with zero attached hydrogens (tertiary/aromatic N) is 1. The molecule has 0 atom stereocenters. The Bertz CT molecular complexity index is 710. The van der Waals surface area contributed by atoms with Gasteiger partial charge in [0.2, 0.25) is 0 Å². The molecule has 1 aromatic heterocycles. The van der Waals surface area contributed by atoms with E-state index in [1.54, 1.807) is 0 Å². The van der Waals surface area contributed by atoms with E-state index >= 15 is 0 Å². The summed E-state index contributed by atoms with van der Waals surface area (Å²) in [7, 11) is 0. The molecule has 110 valence electrons. The van der Waals surface area contributed by atoms with Gasteiger partial charge in [-0.2, -0.15) is 0 Å². The van der Waals surface area contributed by atoms with Gasteiger partial charge in [-0.3, -0.25) is 0 Å². The number of halogens is 1. The lowest BCUT2D eigenvalue weighted by molar-refractivity contribution is 1.14. The average molecular weight is 310 g/mol. The molecule has 0 aliphatic carbocycles. The van der Waals surface area contributed by atoms with Crippen LogP contribution in [-0.4, -0.2) is 4.98 Å². The van der Waals surface area contributed by atoms with Crippen molar-refractivity contribution in [3.05, 3.63) is 83.5 Å². The minimum Gasteiger partial charge on any atom is -0.380 e. The third kappa shape index (κ3) is 3.99. The molecular weight excluding hydrogens is 294 g/mol. The fourth-order valence-corrected chi connectivity index (χ4v) is 2.17. The fraction of sp³-hybridized carbons (Fsp3) is 0.0556. The van der Waals surface area contributed by atoms with Crippen molar-refractivity contribution < 1.29 is 0 Å². The zero-order valence-electron chi connectivity index (χ0n) is 12.0. The largest absolute Gasteiger partial charge is 0.380 e. The maximum Gasteiger partial charge on any atom is 0.130 e. The van der Waals surface area contributed by atoms with Crippen LogP contribution in [0.3, 0.4) is 0 Å². The summed E-state index contributed by atoms with van der Waals surface area (Å²) < 4.78 is 0. The number of hydrogen-bond acceptors (Lipinski definition) is 3. The molecule has 22 heavy (non-hydrogen) atoms. The Labute approximate surface area is 135 Å². The second-order valence-corrected chi connectivity index (χ2v) is 5.34. The van der Waals surface area contributed by atoms with E-state index in [0.29, 0.717) is 0 Å². The van der Waals surface area contributed by atoms with E-state index in [1.807, 2.05) is 72.9 Å². The number of nitrogens with one attached hydrogen (secondary N) is 2. The van der Waals surface area contributed by atoms with Crippen molar-refractivity contribution in [3.8, 4) is 0 Å². The molecule has 0 amide bonds. The second-order valence-electron chi connectivity index (χ2n) is 4.90. The van der Waals surface area contributed by atoms with Crippen molar-refractivity contribution in [3.63, 3.8) is 0 Å². The maximum atomic E-state index is 5.88. The molecule has 0 fully saturated rings. The second kappa shape index (κ2) is 6.96. The fourth-order valence-electron chi connectivity index (χ4n) is 2.05. The van der Waals surface area contributed by atoms with Gasteiger partial charge in [0.05, 0.1) is 11.9 Å². The van der Waals surface area contributed by atoms with Crippen LogP contribution >= 0.6 is 11.6 Å². The highest BCUT2D eigenvalue weighted by Gasteiger charge is 1.98. The molecule has 0 spiro atoms. The van der Waals surface area contributed by atoms with Gasteiger partial charge in [-0.1, -0.05) is 41.9 Å². The SMILES string of the molecule is Clc1ccc(CNc2ccc(Nc3ccccc3)nc2)cc1. The first-order chi connectivity index (χ1) is 10.8. The third-order valence-corrected chi connectivity index (χ3v) is 3.47. The highest BCUT2D eigenvalue weighted by molar-refractivity contribution is 6.30. The van der Waals surface area contributed by atoms with E-state index in [1.165, 1.54) is 5.56 Å². The molecule has 4 heteroatoms. The molecule has 0 aliphatic rings. The summed E-state index contributed by atoms with van der Waals surface area (Å²) in [4.78, 5) is 4.41. The monoisotopic (exact) mass is 309 g/mol. The number of benzene rings is 2. The topological polar surface area (TPSA) is 37.0 Å². The predicted molar refractivity (Wildman–Crippen MR) is 92.7 cm³/mol. The van der Waals surface area contributed by atoms with E-state index < -0.39 is 0 Å². The zero-order valence-corrected chi connectivity index (χ0v) is 12.7. The molecule has 0 saturated heterocycles. The van der Waals surface area contributed by atoms with E-state index in [4.69, 9.17) is 11.6 Å². The van der Waals surface area contributed by atoms with Crippen LogP contribution in [0.25, 0.3) is 0 Å². The van der Waals surface area contributed by atoms with Crippen molar-refractivity contribution in [2.75, 3.05) is 10.6 Å². The van der Waals surface area contributed by atoms with Crippen LogP contribution in [0.15, 0.2) is 72.9 Å². The first kappa shape index (κ1) is 14.4. The van der Waals surface area contributed by atoms with Crippen molar-refractivity contribution in [2.24, 2.45) is 0 Å². The van der Waals surface area contributed by atoms with Crippen LogP contribution in [0.1, 0.15) is 5.56 Å². The van der Waals surface area contributed by atoms with Crippen LogP contribution in [0.2, 0.25) is 5.02 Å². The summed E-state index contributed by atoms with van der Waals surface area (Å²) in [5.74, 6) is 0.822. The highest BCUT2D eigenvalue weighted by Crippen LogP contribution is 2.16. The van der Waals surface area contributed by atoms with Gasteiger partial charge in [0.1, 0.15) is 5.82 Å². The molecule has 0 aliphatic heterocycles. The lowest BCUT2D eigenvalue weighted by Crippen LogP contribution is -2.00. The minimum absolute atomic E-state index is 0.740. The van der Waals surface area contributed by atoms with Crippen molar-refractivity contribution in [1.82, 2.24) is 4.98 Å². The van der Waals surface area contributed by atoms with Crippen LogP contribution in [0.4, 0.5) is 17.2 Å². The first-order valence-electron chi connectivity index (χ1n) is 7.06. The number of para-hydroxylation sites is 1. The van der Waals surface area contributed by atoms with E-state index in [9.17, 15) is 0 Å². The maximum absolute atomic E-state index is 5.88. The summed E-state index contributed by atoms with van der Waals surface area (Å²) in [6, 6.07) is 21.8. The Balaban J connectivity index is 1.58. The van der Waals surface area contributed by atoms with E-state index in [2.05, 4.69) is 15.6 Å².